The fourth-order valence-electron chi connectivity index (χ4n) is 2.66. The Morgan fingerprint density at radius 2 is 1.97 bits per heavy atom. The fourth-order valence-corrected chi connectivity index (χ4v) is 3.57. The summed E-state index contributed by atoms with van der Waals surface area (Å²) < 4.78 is 41.3. The summed E-state index contributed by atoms with van der Waals surface area (Å²) in [5.74, 6) is -1.68. The first kappa shape index (κ1) is 25.3. The number of nitrogens with two attached hydrogens (primary N) is 1. The molecule has 176 valence electrons. The van der Waals surface area contributed by atoms with E-state index in [0.717, 1.165) is 22.3 Å². The minimum Gasteiger partial charge on any atom is -0.406 e. The quantitative estimate of drug-likeness (QED) is 0.510. The molecule has 0 aliphatic rings. The number of alkyl halides is 3. The highest BCUT2D eigenvalue weighted by Crippen LogP contribution is 2.31. The molecular formula is C19H24F3N5O4S. The third kappa shape index (κ3) is 7.96. The molecule has 2 rings (SSSR count). The number of hydrogen-bond donors (Lipinski definition) is 3. The Bertz CT molecular complexity index is 980. The van der Waals surface area contributed by atoms with Gasteiger partial charge in [-0.15, -0.1) is 13.2 Å². The van der Waals surface area contributed by atoms with Crippen LogP contribution in [0.4, 0.5) is 18.3 Å². The van der Waals surface area contributed by atoms with Crippen LogP contribution in [0, 0.1) is 5.92 Å². The lowest BCUT2D eigenvalue weighted by Crippen LogP contribution is -2.46. The molecule has 0 saturated heterocycles. The van der Waals surface area contributed by atoms with E-state index in [9.17, 15) is 27.6 Å². The molecule has 0 saturated carbocycles. The average molecular weight is 475 g/mol. The maximum atomic E-state index is 12.3. The van der Waals surface area contributed by atoms with Crippen molar-refractivity contribution < 1.29 is 32.3 Å². The van der Waals surface area contributed by atoms with Crippen molar-refractivity contribution in [3.8, 4) is 5.75 Å². The second-order valence-corrected chi connectivity index (χ2v) is 8.48. The molecule has 1 aromatic heterocycles. The van der Waals surface area contributed by atoms with Crippen LogP contribution in [0.3, 0.4) is 0 Å². The van der Waals surface area contributed by atoms with Crippen LogP contribution in [0.1, 0.15) is 20.3 Å². The number of amides is 3. The number of benzene rings is 1. The molecular weight excluding hydrogens is 451 g/mol. The van der Waals surface area contributed by atoms with Gasteiger partial charge in [-0.25, -0.2) is 4.98 Å². The molecule has 3 amide bonds. The lowest BCUT2D eigenvalue weighted by atomic mass is 10.0. The van der Waals surface area contributed by atoms with Gasteiger partial charge in [-0.05, 0) is 24.5 Å². The van der Waals surface area contributed by atoms with Gasteiger partial charge in [-0.2, -0.15) is 0 Å². The van der Waals surface area contributed by atoms with Crippen molar-refractivity contribution in [1.82, 2.24) is 15.2 Å². The minimum absolute atomic E-state index is 0.156. The van der Waals surface area contributed by atoms with Crippen molar-refractivity contribution in [2.75, 3.05) is 25.5 Å². The number of nitrogens with zero attached hydrogens (tertiary/aromatic N) is 2. The Balaban J connectivity index is 1.87. The maximum absolute atomic E-state index is 12.3. The highest BCUT2D eigenvalue weighted by atomic mass is 32.1. The summed E-state index contributed by atoms with van der Waals surface area (Å²) in [6.07, 6.45) is -4.34. The molecule has 9 nitrogen and oxygen atoms in total. The zero-order valence-corrected chi connectivity index (χ0v) is 18.5. The topological polar surface area (TPSA) is 127 Å². The van der Waals surface area contributed by atoms with Gasteiger partial charge in [-0.1, -0.05) is 25.2 Å². The van der Waals surface area contributed by atoms with Gasteiger partial charge < -0.3 is 26.0 Å². The summed E-state index contributed by atoms with van der Waals surface area (Å²) in [5.41, 5.74) is 6.13. The number of nitrogens with one attached hydrogen (secondary N) is 2. The normalized spacial score (nSPS) is 12.5. The van der Waals surface area contributed by atoms with E-state index in [2.05, 4.69) is 20.4 Å². The zero-order chi connectivity index (χ0) is 24.1. The van der Waals surface area contributed by atoms with E-state index in [4.69, 9.17) is 5.73 Å². The van der Waals surface area contributed by atoms with Crippen LogP contribution in [0.25, 0.3) is 10.2 Å². The minimum atomic E-state index is -4.81. The van der Waals surface area contributed by atoms with Crippen molar-refractivity contribution in [2.24, 2.45) is 11.7 Å². The number of rotatable bonds is 9. The Hall–Kier alpha value is -2.93. The summed E-state index contributed by atoms with van der Waals surface area (Å²) in [6.45, 7) is 3.22. The third-order valence-corrected chi connectivity index (χ3v) is 5.06. The highest BCUT2D eigenvalue weighted by molar-refractivity contribution is 7.22. The van der Waals surface area contributed by atoms with Gasteiger partial charge in [-0.3, -0.25) is 14.4 Å². The van der Waals surface area contributed by atoms with E-state index in [1.165, 1.54) is 19.2 Å². The molecule has 1 atom stereocenters. The number of ether oxygens (including phenoxy) is 1. The molecule has 4 N–H and O–H groups in total. The van der Waals surface area contributed by atoms with Gasteiger partial charge in [0.25, 0.3) is 0 Å². The van der Waals surface area contributed by atoms with E-state index in [-0.39, 0.29) is 24.1 Å². The van der Waals surface area contributed by atoms with E-state index < -0.39 is 35.9 Å². The van der Waals surface area contributed by atoms with Gasteiger partial charge in [0.1, 0.15) is 5.75 Å². The largest absolute Gasteiger partial charge is 0.573 e. The first-order chi connectivity index (χ1) is 14.8. The molecule has 1 aromatic carbocycles. The number of halogens is 3. The number of thiazole rings is 1. The fraction of sp³-hybridized carbons (Fsp3) is 0.474. The predicted molar refractivity (Wildman–Crippen MR) is 113 cm³/mol. The van der Waals surface area contributed by atoms with Crippen molar-refractivity contribution in [1.29, 1.82) is 0 Å². The highest BCUT2D eigenvalue weighted by Gasteiger charge is 2.31. The number of likely N-dealkylation sites (N-methyl/N-ethyl adjacent to an activating group) is 1. The summed E-state index contributed by atoms with van der Waals surface area (Å²) in [6, 6.07) is 2.90. The number of hydrogen-bond acceptors (Lipinski definition) is 7. The van der Waals surface area contributed by atoms with Crippen LogP contribution >= 0.6 is 11.3 Å². The van der Waals surface area contributed by atoms with E-state index in [0.29, 0.717) is 16.6 Å². The van der Waals surface area contributed by atoms with Crippen LogP contribution in [0.2, 0.25) is 0 Å². The monoisotopic (exact) mass is 475 g/mol. The Morgan fingerprint density at radius 1 is 1.28 bits per heavy atom. The molecule has 0 bridgehead atoms. The van der Waals surface area contributed by atoms with Crippen molar-refractivity contribution in [2.45, 2.75) is 32.7 Å². The summed E-state index contributed by atoms with van der Waals surface area (Å²) in [4.78, 5) is 41.5. The van der Waals surface area contributed by atoms with Crippen LogP contribution in [0.15, 0.2) is 18.2 Å². The van der Waals surface area contributed by atoms with Crippen LogP contribution in [-0.2, 0) is 14.4 Å². The Kier molecular flexibility index (Phi) is 8.38. The standard InChI is InChI=1S/C19H24F3N5O4S/c1-10(2)6-12(23)17(30)24-8-16(29)27(3)9-15(28)26-18-25-13-5-4-11(7-14(13)32-18)31-19(20,21)22/h4-5,7,10,12H,6,8-9,23H2,1-3H3,(H,24,30)(H,25,26,28). The number of aromatic nitrogens is 1. The lowest BCUT2D eigenvalue weighted by molar-refractivity contribution is -0.274. The van der Waals surface area contributed by atoms with Gasteiger partial charge >= 0.3 is 6.36 Å². The SMILES string of the molecule is CC(C)CC(N)C(=O)NCC(=O)N(C)CC(=O)Nc1nc2ccc(OC(F)(F)F)cc2s1. The number of anilines is 1. The van der Waals surface area contributed by atoms with Crippen LogP contribution in [-0.4, -0.2) is 60.1 Å². The first-order valence-corrected chi connectivity index (χ1v) is 10.4. The number of fused-ring (bicyclic) bond motifs is 1. The third-order valence-electron chi connectivity index (χ3n) is 4.12. The van der Waals surface area contributed by atoms with Gasteiger partial charge in [0.05, 0.1) is 29.3 Å². The van der Waals surface area contributed by atoms with Crippen molar-refractivity contribution in [3.05, 3.63) is 18.2 Å². The molecule has 1 unspecified atom stereocenters. The molecule has 32 heavy (non-hydrogen) atoms. The molecule has 0 spiro atoms. The number of carbonyl (C=O) groups is 3. The number of carbonyl (C=O) groups excluding carboxylic acids is 3. The summed E-state index contributed by atoms with van der Waals surface area (Å²) in [7, 11) is 1.39. The molecule has 0 aliphatic carbocycles. The molecule has 0 radical (unpaired) electrons. The Labute approximate surface area is 186 Å². The summed E-state index contributed by atoms with van der Waals surface area (Å²) >= 11 is 0.959. The first-order valence-electron chi connectivity index (χ1n) is 9.57. The second kappa shape index (κ2) is 10.6. The average Bonchev–Trinajstić information content (AvgIpc) is 3.04. The second-order valence-electron chi connectivity index (χ2n) is 7.45. The smallest absolute Gasteiger partial charge is 0.406 e. The van der Waals surface area contributed by atoms with Gasteiger partial charge in [0, 0.05) is 13.1 Å². The van der Waals surface area contributed by atoms with E-state index >= 15 is 0 Å². The van der Waals surface area contributed by atoms with Crippen molar-refractivity contribution >= 4 is 44.4 Å². The van der Waals surface area contributed by atoms with Gasteiger partial charge in [0.2, 0.25) is 17.7 Å². The molecule has 0 fully saturated rings. The zero-order valence-electron chi connectivity index (χ0n) is 17.7. The van der Waals surface area contributed by atoms with E-state index in [1.807, 2.05) is 13.8 Å². The lowest BCUT2D eigenvalue weighted by Gasteiger charge is -2.18. The van der Waals surface area contributed by atoms with Gasteiger partial charge in [0.15, 0.2) is 5.13 Å². The van der Waals surface area contributed by atoms with E-state index in [1.54, 1.807) is 0 Å². The molecule has 1 heterocycles. The predicted octanol–water partition coefficient (Wildman–Crippen LogP) is 2.08. The molecule has 13 heteroatoms. The van der Waals surface area contributed by atoms with Crippen molar-refractivity contribution in [3.63, 3.8) is 0 Å². The van der Waals surface area contributed by atoms with Crippen LogP contribution in [0.5, 0.6) is 5.75 Å². The maximum Gasteiger partial charge on any atom is 0.573 e. The molecule has 0 aliphatic heterocycles. The molecule has 2 aromatic rings. The summed E-state index contributed by atoms with van der Waals surface area (Å²) in [5, 5.41) is 5.09. The Morgan fingerprint density at radius 3 is 2.59 bits per heavy atom. The van der Waals surface area contributed by atoms with Crippen LogP contribution < -0.4 is 21.1 Å².